The molecule has 0 bridgehead atoms. The molecule has 0 saturated carbocycles. The summed E-state index contributed by atoms with van der Waals surface area (Å²) in [6, 6.07) is 17.3. The molecule has 0 aliphatic heterocycles. The molecule has 0 radical (unpaired) electrons. The van der Waals surface area contributed by atoms with Crippen LogP contribution in [0.25, 0.3) is 10.9 Å². The van der Waals surface area contributed by atoms with Crippen molar-refractivity contribution in [2.45, 2.75) is 18.4 Å². The molecule has 3 aromatic rings. The van der Waals surface area contributed by atoms with E-state index >= 15 is 0 Å². The molecule has 0 saturated heterocycles. The molecule has 6 heteroatoms. The molecular weight excluding hydrogens is 324 g/mol. The fourth-order valence-electron chi connectivity index (χ4n) is 2.60. The number of aromatic amines is 1. The Labute approximate surface area is 140 Å². The highest BCUT2D eigenvalue weighted by Crippen LogP contribution is 2.21. The molecule has 1 heterocycles. The highest BCUT2D eigenvalue weighted by atomic mass is 32.2. The van der Waals surface area contributed by atoms with E-state index in [1.807, 2.05) is 37.3 Å². The quantitative estimate of drug-likeness (QED) is 0.775. The zero-order valence-electron chi connectivity index (χ0n) is 13.3. The lowest BCUT2D eigenvalue weighted by molar-refractivity contribution is 0.423. The number of pyridine rings is 1. The summed E-state index contributed by atoms with van der Waals surface area (Å²) in [6.07, 6.45) is 0. The normalized spacial score (nSPS) is 11.9. The van der Waals surface area contributed by atoms with Crippen LogP contribution in [0.2, 0.25) is 0 Å². The Morgan fingerprint density at radius 2 is 1.75 bits per heavy atom. The molecular formula is C18H18N2O3S. The molecule has 1 aromatic heterocycles. The summed E-state index contributed by atoms with van der Waals surface area (Å²) in [5.74, 6) is 0. The van der Waals surface area contributed by atoms with Gasteiger partial charge in [0.05, 0.1) is 4.90 Å². The highest BCUT2D eigenvalue weighted by Gasteiger charge is 2.23. The maximum Gasteiger partial charge on any atom is 0.248 e. The number of hydrogen-bond donors (Lipinski definition) is 1. The van der Waals surface area contributed by atoms with Crippen molar-refractivity contribution in [2.24, 2.45) is 0 Å². The summed E-state index contributed by atoms with van der Waals surface area (Å²) in [5.41, 5.74) is 1.35. The monoisotopic (exact) mass is 342 g/mol. The largest absolute Gasteiger partial charge is 0.322 e. The van der Waals surface area contributed by atoms with E-state index in [-0.39, 0.29) is 10.5 Å². The Kier molecular flexibility index (Phi) is 4.51. The summed E-state index contributed by atoms with van der Waals surface area (Å²) in [5, 5.41) is 0.687. The summed E-state index contributed by atoms with van der Waals surface area (Å²) in [4.78, 5) is 14.3. The molecule has 0 aliphatic rings. The third-order valence-electron chi connectivity index (χ3n) is 3.89. The molecule has 0 spiro atoms. The lowest BCUT2D eigenvalue weighted by atomic mass is 10.2. The number of nitrogens with one attached hydrogen (secondary N) is 1. The molecule has 0 aliphatic carbocycles. The van der Waals surface area contributed by atoms with Crippen LogP contribution in [-0.4, -0.2) is 24.3 Å². The van der Waals surface area contributed by atoms with E-state index in [0.717, 1.165) is 5.56 Å². The van der Waals surface area contributed by atoms with E-state index in [0.29, 0.717) is 24.0 Å². The number of benzene rings is 2. The first-order chi connectivity index (χ1) is 11.5. The highest BCUT2D eigenvalue weighted by molar-refractivity contribution is 7.89. The molecule has 0 amide bonds. The van der Waals surface area contributed by atoms with Crippen molar-refractivity contribution in [1.29, 1.82) is 0 Å². The van der Waals surface area contributed by atoms with Gasteiger partial charge in [0.25, 0.3) is 0 Å². The molecule has 0 atom stereocenters. The van der Waals surface area contributed by atoms with Crippen LogP contribution in [0.3, 0.4) is 0 Å². The van der Waals surface area contributed by atoms with Crippen LogP contribution in [-0.2, 0) is 16.6 Å². The lowest BCUT2D eigenvalue weighted by Crippen LogP contribution is -2.30. The first-order valence-electron chi connectivity index (χ1n) is 7.68. The van der Waals surface area contributed by atoms with Crippen LogP contribution in [0.4, 0.5) is 0 Å². The molecule has 24 heavy (non-hydrogen) atoms. The Hall–Kier alpha value is -2.44. The maximum absolute atomic E-state index is 12.9. The van der Waals surface area contributed by atoms with Gasteiger partial charge < -0.3 is 4.98 Å². The third kappa shape index (κ3) is 3.25. The number of fused-ring (bicyclic) bond motifs is 1. The maximum atomic E-state index is 12.9. The van der Waals surface area contributed by atoms with Crippen LogP contribution in [0, 0.1) is 0 Å². The molecule has 2 aromatic carbocycles. The molecule has 1 N–H and O–H groups in total. The predicted molar refractivity (Wildman–Crippen MR) is 94.3 cm³/mol. The zero-order chi connectivity index (χ0) is 17.2. The van der Waals surface area contributed by atoms with Crippen LogP contribution >= 0.6 is 0 Å². The van der Waals surface area contributed by atoms with E-state index in [2.05, 4.69) is 4.98 Å². The van der Waals surface area contributed by atoms with Gasteiger partial charge in [-0.25, -0.2) is 8.42 Å². The SMILES string of the molecule is CCN(Cc1ccccc1)S(=O)(=O)c1ccc2[nH]c(=O)ccc2c1. The fraction of sp³-hybridized carbons (Fsp3) is 0.167. The molecule has 3 rings (SSSR count). The standard InChI is InChI=1S/C18H18N2O3S/c1-2-20(13-14-6-4-3-5-7-14)24(22,23)16-9-10-17-15(12-16)8-11-18(21)19-17/h3-12H,2,13H2,1H3,(H,19,21). The number of nitrogens with zero attached hydrogens (tertiary/aromatic N) is 1. The van der Waals surface area contributed by atoms with Crippen molar-refractivity contribution >= 4 is 20.9 Å². The Bertz CT molecular complexity index is 1010. The van der Waals surface area contributed by atoms with E-state index in [1.54, 1.807) is 18.2 Å². The Morgan fingerprint density at radius 1 is 1.00 bits per heavy atom. The van der Waals surface area contributed by atoms with Gasteiger partial charge >= 0.3 is 0 Å². The molecule has 5 nitrogen and oxygen atoms in total. The van der Waals surface area contributed by atoms with E-state index in [1.165, 1.54) is 16.4 Å². The van der Waals surface area contributed by atoms with Crippen LogP contribution < -0.4 is 5.56 Å². The second-order valence-corrected chi connectivity index (χ2v) is 7.43. The molecule has 124 valence electrons. The summed E-state index contributed by atoms with van der Waals surface area (Å²) in [7, 11) is -3.61. The fourth-order valence-corrected chi connectivity index (χ4v) is 4.07. The number of sulfonamides is 1. The van der Waals surface area contributed by atoms with Gasteiger partial charge in [-0.15, -0.1) is 0 Å². The van der Waals surface area contributed by atoms with Crippen LogP contribution in [0.1, 0.15) is 12.5 Å². The zero-order valence-corrected chi connectivity index (χ0v) is 14.1. The average molecular weight is 342 g/mol. The van der Waals surface area contributed by atoms with Gasteiger partial charge in [0, 0.05) is 24.7 Å². The first-order valence-corrected chi connectivity index (χ1v) is 9.12. The van der Waals surface area contributed by atoms with Crippen molar-refractivity contribution in [2.75, 3.05) is 6.54 Å². The summed E-state index contributed by atoms with van der Waals surface area (Å²) >= 11 is 0. The van der Waals surface area contributed by atoms with Crippen LogP contribution in [0.5, 0.6) is 0 Å². The minimum absolute atomic E-state index is 0.211. The van der Waals surface area contributed by atoms with Gasteiger partial charge in [-0.1, -0.05) is 37.3 Å². The average Bonchev–Trinajstić information content (AvgIpc) is 2.59. The molecule has 0 unspecified atom stereocenters. The van der Waals surface area contributed by atoms with Crippen molar-refractivity contribution in [3.8, 4) is 0 Å². The van der Waals surface area contributed by atoms with E-state index < -0.39 is 10.0 Å². The van der Waals surface area contributed by atoms with E-state index in [9.17, 15) is 13.2 Å². The van der Waals surface area contributed by atoms with Gasteiger partial charge in [0.1, 0.15) is 0 Å². The third-order valence-corrected chi connectivity index (χ3v) is 5.80. The number of aromatic nitrogens is 1. The Balaban J connectivity index is 1.98. The number of H-pyrrole nitrogens is 1. The van der Waals surface area contributed by atoms with E-state index in [4.69, 9.17) is 0 Å². The number of rotatable bonds is 5. The summed E-state index contributed by atoms with van der Waals surface area (Å²) in [6.45, 7) is 2.52. The first kappa shape index (κ1) is 16.4. The van der Waals surface area contributed by atoms with Gasteiger partial charge in [-0.05, 0) is 35.2 Å². The van der Waals surface area contributed by atoms with Gasteiger partial charge in [0.15, 0.2) is 0 Å². The smallest absolute Gasteiger partial charge is 0.248 e. The van der Waals surface area contributed by atoms with Gasteiger partial charge in [0.2, 0.25) is 15.6 Å². The minimum Gasteiger partial charge on any atom is -0.322 e. The minimum atomic E-state index is -3.61. The van der Waals surface area contributed by atoms with Gasteiger partial charge in [-0.2, -0.15) is 4.31 Å². The Morgan fingerprint density at radius 3 is 2.46 bits per heavy atom. The van der Waals surface area contributed by atoms with Crippen molar-refractivity contribution < 1.29 is 8.42 Å². The van der Waals surface area contributed by atoms with Crippen molar-refractivity contribution in [3.05, 3.63) is 76.6 Å². The number of hydrogen-bond acceptors (Lipinski definition) is 3. The van der Waals surface area contributed by atoms with Gasteiger partial charge in [-0.3, -0.25) is 4.79 Å². The second kappa shape index (κ2) is 6.59. The molecule has 0 fully saturated rings. The predicted octanol–water partition coefficient (Wildman–Crippen LogP) is 2.74. The van der Waals surface area contributed by atoms with Crippen molar-refractivity contribution in [1.82, 2.24) is 9.29 Å². The van der Waals surface area contributed by atoms with Crippen LogP contribution in [0.15, 0.2) is 70.4 Å². The summed E-state index contributed by atoms with van der Waals surface area (Å²) < 4.78 is 27.3. The van der Waals surface area contributed by atoms with Crippen molar-refractivity contribution in [3.63, 3.8) is 0 Å². The second-order valence-electron chi connectivity index (χ2n) is 5.49. The lowest BCUT2D eigenvalue weighted by Gasteiger charge is -2.21. The topological polar surface area (TPSA) is 70.2 Å².